The van der Waals surface area contributed by atoms with Crippen LogP contribution in [0.15, 0.2) is 146 Å². The van der Waals surface area contributed by atoms with E-state index in [-0.39, 0.29) is 25.7 Å². The Hall–Kier alpha value is -5.06. The summed E-state index contributed by atoms with van der Waals surface area (Å²) in [6.07, 6.45) is 92.7. The second kappa shape index (κ2) is 80.0. The van der Waals surface area contributed by atoms with E-state index >= 15 is 0 Å². The van der Waals surface area contributed by atoms with Crippen molar-refractivity contribution in [3.63, 3.8) is 0 Å². The molecule has 0 fully saturated rings. The van der Waals surface area contributed by atoms with Gasteiger partial charge < -0.3 is 33.8 Å². The minimum atomic E-state index is -5.01. The predicted octanol–water partition coefficient (Wildman–Crippen LogP) is 25.0. The number of hydrogen-bond donors (Lipinski definition) is 3. The quantitative estimate of drug-likeness (QED) is 0.0169. The molecule has 0 aliphatic carbocycles. The number of carbonyl (C=O) groups excluding carboxylic acids is 4. The van der Waals surface area contributed by atoms with Crippen molar-refractivity contribution in [3.05, 3.63) is 146 Å². The van der Waals surface area contributed by atoms with E-state index < -0.39 is 97.5 Å². The zero-order valence-corrected chi connectivity index (χ0v) is 69.5. The number of phosphoric ester groups is 2. The van der Waals surface area contributed by atoms with E-state index in [1.807, 2.05) is 30.4 Å². The summed E-state index contributed by atoms with van der Waals surface area (Å²) < 4.78 is 68.5. The Morgan fingerprint density at radius 2 is 0.472 bits per heavy atom. The summed E-state index contributed by atoms with van der Waals surface area (Å²) in [6.45, 7) is 4.64. The van der Waals surface area contributed by atoms with Crippen LogP contribution in [-0.4, -0.2) is 96.7 Å². The number of carbonyl (C=O) groups is 4. The lowest BCUT2D eigenvalue weighted by Crippen LogP contribution is -2.30. The number of hydrogen-bond acceptors (Lipinski definition) is 15. The van der Waals surface area contributed by atoms with Crippen LogP contribution in [0, 0.1) is 0 Å². The zero-order valence-electron chi connectivity index (χ0n) is 67.7. The number of aliphatic hydroxyl groups excluding tert-OH is 1. The molecule has 0 saturated heterocycles. The lowest BCUT2D eigenvalue weighted by atomic mass is 10.1. The number of esters is 4. The Labute approximate surface area is 656 Å². The molecule has 0 bridgehead atoms. The second-order valence-electron chi connectivity index (χ2n) is 27.7. The Morgan fingerprint density at radius 1 is 0.259 bits per heavy atom. The van der Waals surface area contributed by atoms with Crippen molar-refractivity contribution in [3.8, 4) is 0 Å². The van der Waals surface area contributed by atoms with E-state index in [1.54, 1.807) is 0 Å². The van der Waals surface area contributed by atoms with E-state index in [1.165, 1.54) is 116 Å². The van der Waals surface area contributed by atoms with Crippen LogP contribution >= 0.6 is 15.6 Å². The molecule has 0 heterocycles. The van der Waals surface area contributed by atoms with Crippen molar-refractivity contribution in [2.75, 3.05) is 39.6 Å². The second-order valence-corrected chi connectivity index (χ2v) is 30.6. The van der Waals surface area contributed by atoms with Gasteiger partial charge in [0.15, 0.2) is 12.2 Å². The molecule has 0 saturated carbocycles. The van der Waals surface area contributed by atoms with Crippen LogP contribution in [0.5, 0.6) is 0 Å². The highest BCUT2D eigenvalue weighted by Crippen LogP contribution is 2.45. The van der Waals surface area contributed by atoms with E-state index in [2.05, 4.69) is 143 Å². The van der Waals surface area contributed by atoms with Crippen LogP contribution in [0.1, 0.15) is 336 Å². The molecule has 108 heavy (non-hydrogen) atoms. The molecule has 0 aromatic heterocycles. The fourth-order valence-corrected chi connectivity index (χ4v) is 12.4. The molecule has 0 aliphatic rings. The summed E-state index contributed by atoms with van der Waals surface area (Å²) in [5.74, 6) is -2.39. The first-order valence-electron chi connectivity index (χ1n) is 42.1. The molecule has 0 radical (unpaired) electrons. The molecule has 17 nitrogen and oxygen atoms in total. The van der Waals surface area contributed by atoms with Crippen molar-refractivity contribution in [1.29, 1.82) is 0 Å². The molecule has 0 rings (SSSR count). The maximum absolute atomic E-state index is 13.1. The third kappa shape index (κ3) is 79.0. The molecule has 3 N–H and O–H groups in total. The standard InChI is InChI=1S/C89H150O17P2/c1-5-9-13-17-21-25-29-33-37-39-41-43-47-50-54-58-62-66-70-74-87(92)100-80-84(105-88(93)75-71-67-63-59-55-51-46-36-32-28-24-20-16-12-8-4)81-103-107(95,96)101-77-83(90)78-102-108(97,98)104-82-85(79-99-86(91)73-69-65-61-57-53-49-45-35-31-27-23-19-15-11-7-3)106-89(94)76-72-68-64-60-56-52-48-44-42-40-38-34-30-26-22-18-14-10-6-2/h21-22,25-26,33-38,41-46,50,52,54,56,62,64,66,68,83-85,90H,5-20,23-24,27-32,39-40,47-49,51,53,55,57-61,63,65,67,69-82H2,1-4H3,(H,95,96)(H,97,98)/b25-21-,26-22-,37-33-,38-34-,43-41-,44-42-,45-35-,46-36-,54-50-,56-52-,66-62-,68-64-/t83-,84-,85-/m1/s1. The van der Waals surface area contributed by atoms with Gasteiger partial charge in [-0.1, -0.05) is 302 Å². The van der Waals surface area contributed by atoms with Gasteiger partial charge in [-0.3, -0.25) is 37.3 Å². The first-order chi connectivity index (χ1) is 52.7. The highest BCUT2D eigenvalue weighted by atomic mass is 31.2. The lowest BCUT2D eigenvalue weighted by molar-refractivity contribution is -0.161. The zero-order chi connectivity index (χ0) is 78.9. The summed E-state index contributed by atoms with van der Waals surface area (Å²) in [6, 6.07) is 0. The smallest absolute Gasteiger partial charge is 0.462 e. The van der Waals surface area contributed by atoms with Crippen LogP contribution in [0.3, 0.4) is 0 Å². The average Bonchev–Trinajstić information content (AvgIpc) is 0.914. The van der Waals surface area contributed by atoms with Crippen LogP contribution in [-0.2, 0) is 65.4 Å². The highest BCUT2D eigenvalue weighted by Gasteiger charge is 2.30. The van der Waals surface area contributed by atoms with E-state index in [0.717, 1.165) is 128 Å². The summed E-state index contributed by atoms with van der Waals surface area (Å²) in [5, 5.41) is 10.7. The number of aliphatic hydroxyl groups is 1. The van der Waals surface area contributed by atoms with Crippen molar-refractivity contribution >= 4 is 39.5 Å². The summed E-state index contributed by atoms with van der Waals surface area (Å²) in [7, 11) is -10.0. The number of allylic oxidation sites excluding steroid dienone is 24. The third-order valence-electron chi connectivity index (χ3n) is 17.3. The highest BCUT2D eigenvalue weighted by molar-refractivity contribution is 7.47. The Kier molecular flexibility index (Phi) is 76.3. The summed E-state index contributed by atoms with van der Waals surface area (Å²) in [4.78, 5) is 73.1. The van der Waals surface area contributed by atoms with Crippen molar-refractivity contribution in [1.82, 2.24) is 0 Å². The van der Waals surface area contributed by atoms with Crippen LogP contribution in [0.4, 0.5) is 0 Å². The molecule has 0 spiro atoms. The van der Waals surface area contributed by atoms with Gasteiger partial charge in [0.25, 0.3) is 0 Å². The maximum Gasteiger partial charge on any atom is 0.472 e. The van der Waals surface area contributed by atoms with Gasteiger partial charge >= 0.3 is 39.5 Å². The van der Waals surface area contributed by atoms with Crippen LogP contribution in [0.25, 0.3) is 0 Å². The van der Waals surface area contributed by atoms with E-state index in [4.69, 9.17) is 37.0 Å². The first kappa shape index (κ1) is 103. The summed E-state index contributed by atoms with van der Waals surface area (Å²) >= 11 is 0. The van der Waals surface area contributed by atoms with Crippen molar-refractivity contribution in [2.45, 2.75) is 354 Å². The van der Waals surface area contributed by atoms with Crippen LogP contribution < -0.4 is 0 Å². The van der Waals surface area contributed by atoms with Gasteiger partial charge in [0, 0.05) is 25.7 Å². The fraction of sp³-hybridized carbons (Fsp3) is 0.685. The van der Waals surface area contributed by atoms with Gasteiger partial charge in [0.05, 0.1) is 26.4 Å². The topological polar surface area (TPSA) is 237 Å². The van der Waals surface area contributed by atoms with Crippen LogP contribution in [0.2, 0.25) is 0 Å². The Morgan fingerprint density at radius 3 is 0.796 bits per heavy atom. The predicted molar refractivity (Wildman–Crippen MR) is 445 cm³/mol. The largest absolute Gasteiger partial charge is 0.472 e. The minimum absolute atomic E-state index is 0.0316. The van der Waals surface area contributed by atoms with E-state index in [9.17, 15) is 43.2 Å². The molecule has 0 aromatic carbocycles. The minimum Gasteiger partial charge on any atom is -0.462 e. The normalized spacial score (nSPS) is 14.5. The van der Waals surface area contributed by atoms with Gasteiger partial charge in [-0.2, -0.15) is 0 Å². The van der Waals surface area contributed by atoms with Crippen molar-refractivity contribution < 1.29 is 80.2 Å². The van der Waals surface area contributed by atoms with E-state index in [0.29, 0.717) is 38.5 Å². The SMILES string of the molecule is CCCCC/C=C\C/C=C\C/C=C\C/C=C\C/C=C\CCC(=O)OC[C@H](COP(=O)(O)OC[C@@H](O)COP(=O)(O)OC[C@@H](COC(=O)CCCCCCC/C=C\CCCCCCCC)OC(=O)CC/C=C\C/C=C\C/C=C\C/C=C\C/C=C\CCCCC)OC(=O)CCCCCCC/C=C\CCCCCCCC. The Bertz CT molecular complexity index is 2610. The average molecular weight is 1550 g/mol. The van der Waals surface area contributed by atoms with Crippen molar-refractivity contribution in [2.24, 2.45) is 0 Å². The Balaban J connectivity index is 5.51. The molecular formula is C89H150O17P2. The molecule has 0 aliphatic heterocycles. The third-order valence-corrected chi connectivity index (χ3v) is 19.2. The van der Waals surface area contributed by atoms with Gasteiger partial charge in [0.2, 0.25) is 0 Å². The molecule has 5 atom stereocenters. The molecule has 2 unspecified atom stereocenters. The van der Waals surface area contributed by atoms with Gasteiger partial charge in [-0.25, -0.2) is 9.13 Å². The number of ether oxygens (including phenoxy) is 4. The number of rotatable bonds is 78. The van der Waals surface area contributed by atoms with Gasteiger partial charge in [-0.15, -0.1) is 0 Å². The fourth-order valence-electron chi connectivity index (χ4n) is 10.8. The van der Waals surface area contributed by atoms with Gasteiger partial charge in [0.1, 0.15) is 19.3 Å². The number of unbranched alkanes of at least 4 members (excludes halogenated alkanes) is 28. The maximum atomic E-state index is 13.1. The molecule has 0 aromatic rings. The number of phosphoric acid groups is 2. The monoisotopic (exact) mass is 1550 g/mol. The molecule has 618 valence electrons. The molecule has 0 amide bonds. The lowest BCUT2D eigenvalue weighted by Gasteiger charge is -2.21. The molecule has 19 heteroatoms. The molecular weight excluding hydrogens is 1400 g/mol. The first-order valence-corrected chi connectivity index (χ1v) is 45.1. The van der Waals surface area contributed by atoms with Gasteiger partial charge in [-0.05, 0) is 154 Å². The summed E-state index contributed by atoms with van der Waals surface area (Å²) in [5.41, 5.74) is 0.